The molecule has 0 aliphatic heterocycles. The van der Waals surface area contributed by atoms with Gasteiger partial charge in [0, 0.05) is 18.0 Å². The maximum atomic E-state index is 11.4. The number of ether oxygens (including phenoxy) is 2. The summed E-state index contributed by atoms with van der Waals surface area (Å²) >= 11 is 0. The Labute approximate surface area is 117 Å². The maximum Gasteiger partial charge on any atom is 0.310 e. The van der Waals surface area contributed by atoms with E-state index in [1.807, 2.05) is 30.3 Å². The Kier molecular flexibility index (Phi) is 4.40. The molecule has 0 spiro atoms. The Morgan fingerprint density at radius 1 is 1.35 bits per heavy atom. The van der Waals surface area contributed by atoms with Gasteiger partial charge in [-0.2, -0.15) is 0 Å². The predicted molar refractivity (Wildman–Crippen MR) is 78.0 cm³/mol. The third kappa shape index (κ3) is 2.99. The van der Waals surface area contributed by atoms with Gasteiger partial charge in [-0.15, -0.1) is 0 Å². The molecule has 20 heavy (non-hydrogen) atoms. The molecular formula is C15H18N2O3. The van der Waals surface area contributed by atoms with E-state index in [2.05, 4.69) is 10.3 Å². The fourth-order valence-corrected chi connectivity index (χ4v) is 1.95. The zero-order valence-corrected chi connectivity index (χ0v) is 11.8. The molecule has 1 N–H and O–H groups in total. The smallest absolute Gasteiger partial charge is 0.310 e. The molecule has 5 heteroatoms. The largest absolute Gasteiger partial charge is 0.496 e. The van der Waals surface area contributed by atoms with Crippen LogP contribution < -0.4 is 10.1 Å². The number of benzene rings is 1. The van der Waals surface area contributed by atoms with Crippen molar-refractivity contribution in [2.45, 2.75) is 6.92 Å². The number of para-hydroxylation sites is 1. The molecule has 1 aromatic carbocycles. The molecule has 106 valence electrons. The number of fused-ring (bicyclic) bond motifs is 1. The number of pyridine rings is 1. The highest BCUT2D eigenvalue weighted by Crippen LogP contribution is 2.27. The molecule has 0 bridgehead atoms. The summed E-state index contributed by atoms with van der Waals surface area (Å²) in [4.78, 5) is 15.9. The first-order valence-corrected chi connectivity index (χ1v) is 6.41. The summed E-state index contributed by atoms with van der Waals surface area (Å²) in [7, 11) is 3.01. The summed E-state index contributed by atoms with van der Waals surface area (Å²) in [6.07, 6.45) is 0. The van der Waals surface area contributed by atoms with Gasteiger partial charge >= 0.3 is 5.97 Å². The van der Waals surface area contributed by atoms with E-state index in [4.69, 9.17) is 9.47 Å². The minimum absolute atomic E-state index is 0.237. The molecule has 5 nitrogen and oxygen atoms in total. The van der Waals surface area contributed by atoms with Crippen LogP contribution in [0.3, 0.4) is 0 Å². The predicted octanol–water partition coefficient (Wildman–Crippen LogP) is 2.46. The van der Waals surface area contributed by atoms with Crippen LogP contribution in [0.1, 0.15) is 6.92 Å². The van der Waals surface area contributed by atoms with Crippen molar-refractivity contribution in [3.8, 4) is 5.75 Å². The molecule has 0 aliphatic carbocycles. The number of hydrogen-bond acceptors (Lipinski definition) is 5. The molecule has 0 amide bonds. The van der Waals surface area contributed by atoms with Crippen LogP contribution >= 0.6 is 0 Å². The minimum atomic E-state index is -0.245. The third-order valence-corrected chi connectivity index (χ3v) is 3.09. The number of methoxy groups -OCH3 is 2. The van der Waals surface area contributed by atoms with Gasteiger partial charge in [-0.25, -0.2) is 4.98 Å². The Balaban J connectivity index is 2.20. The van der Waals surface area contributed by atoms with Crippen molar-refractivity contribution in [3.63, 3.8) is 0 Å². The van der Waals surface area contributed by atoms with Gasteiger partial charge in [0.25, 0.3) is 0 Å². The lowest BCUT2D eigenvalue weighted by molar-refractivity contribution is -0.144. The number of nitrogens with zero attached hydrogens (tertiary/aromatic N) is 1. The quantitative estimate of drug-likeness (QED) is 0.849. The number of carbonyl (C=O) groups is 1. The first-order valence-electron chi connectivity index (χ1n) is 6.41. The van der Waals surface area contributed by atoms with Gasteiger partial charge in [-0.05, 0) is 12.1 Å². The van der Waals surface area contributed by atoms with Crippen molar-refractivity contribution in [2.75, 3.05) is 26.1 Å². The summed E-state index contributed by atoms with van der Waals surface area (Å²) in [5.41, 5.74) is 0.847. The Bertz CT molecular complexity index is 613. The standard InChI is InChI=1S/C15H18N2O3/c1-10(15(18)20-3)9-16-14-8-13(19-2)11-6-4-5-7-12(11)17-14/h4-8,10H,9H2,1-3H3,(H,16,17). The van der Waals surface area contributed by atoms with E-state index in [0.717, 1.165) is 16.7 Å². The van der Waals surface area contributed by atoms with Gasteiger partial charge in [0.15, 0.2) is 0 Å². The normalized spacial score (nSPS) is 11.9. The average molecular weight is 274 g/mol. The van der Waals surface area contributed by atoms with Crippen LogP contribution in [-0.2, 0) is 9.53 Å². The van der Waals surface area contributed by atoms with Crippen LogP contribution in [-0.4, -0.2) is 31.7 Å². The van der Waals surface area contributed by atoms with Crippen molar-refractivity contribution in [1.29, 1.82) is 0 Å². The summed E-state index contributed by atoms with van der Waals surface area (Å²) in [6, 6.07) is 9.58. The minimum Gasteiger partial charge on any atom is -0.496 e. The molecule has 1 unspecified atom stereocenters. The third-order valence-electron chi connectivity index (χ3n) is 3.09. The van der Waals surface area contributed by atoms with E-state index in [1.54, 1.807) is 14.0 Å². The van der Waals surface area contributed by atoms with E-state index in [1.165, 1.54) is 7.11 Å². The molecule has 1 aromatic heterocycles. The van der Waals surface area contributed by atoms with E-state index in [9.17, 15) is 4.79 Å². The fraction of sp³-hybridized carbons (Fsp3) is 0.333. The van der Waals surface area contributed by atoms with Crippen LogP contribution in [0.5, 0.6) is 5.75 Å². The molecule has 2 rings (SSSR count). The van der Waals surface area contributed by atoms with Crippen LogP contribution in [0.2, 0.25) is 0 Å². The molecule has 2 aromatic rings. The summed E-state index contributed by atoms with van der Waals surface area (Å²) < 4.78 is 10.1. The second-order valence-electron chi connectivity index (χ2n) is 4.53. The van der Waals surface area contributed by atoms with Gasteiger partial charge in [-0.3, -0.25) is 4.79 Å². The second kappa shape index (κ2) is 6.23. The summed E-state index contributed by atoms with van der Waals surface area (Å²) in [5.74, 6) is 0.949. The molecule has 1 atom stereocenters. The Morgan fingerprint density at radius 2 is 2.10 bits per heavy atom. The molecular weight excluding hydrogens is 256 g/mol. The van der Waals surface area contributed by atoms with Crippen LogP contribution in [0, 0.1) is 5.92 Å². The van der Waals surface area contributed by atoms with Crippen molar-refractivity contribution in [2.24, 2.45) is 5.92 Å². The first-order chi connectivity index (χ1) is 9.65. The van der Waals surface area contributed by atoms with Gasteiger partial charge in [0.1, 0.15) is 11.6 Å². The SMILES string of the molecule is COC(=O)C(C)CNc1cc(OC)c2ccccc2n1. The highest BCUT2D eigenvalue weighted by Gasteiger charge is 2.13. The molecule has 0 aliphatic rings. The van der Waals surface area contributed by atoms with Crippen molar-refractivity contribution in [3.05, 3.63) is 30.3 Å². The topological polar surface area (TPSA) is 60.5 Å². The molecule has 0 saturated heterocycles. The van der Waals surface area contributed by atoms with Gasteiger partial charge in [0.2, 0.25) is 0 Å². The number of carbonyl (C=O) groups excluding carboxylic acids is 1. The number of esters is 1. The number of rotatable bonds is 5. The van der Waals surface area contributed by atoms with Crippen molar-refractivity contribution >= 4 is 22.7 Å². The highest BCUT2D eigenvalue weighted by atomic mass is 16.5. The second-order valence-corrected chi connectivity index (χ2v) is 4.53. The van der Waals surface area contributed by atoms with Gasteiger partial charge in [0.05, 0.1) is 25.7 Å². The fourth-order valence-electron chi connectivity index (χ4n) is 1.95. The number of anilines is 1. The number of hydrogen-bond donors (Lipinski definition) is 1. The molecule has 0 saturated carbocycles. The van der Waals surface area contributed by atoms with Crippen molar-refractivity contribution in [1.82, 2.24) is 4.98 Å². The summed E-state index contributed by atoms with van der Waals surface area (Å²) in [6.45, 7) is 2.26. The van der Waals surface area contributed by atoms with Crippen LogP contribution in [0.25, 0.3) is 10.9 Å². The molecule has 0 fully saturated rings. The Morgan fingerprint density at radius 3 is 2.80 bits per heavy atom. The monoisotopic (exact) mass is 274 g/mol. The van der Waals surface area contributed by atoms with Crippen LogP contribution in [0.4, 0.5) is 5.82 Å². The average Bonchev–Trinajstić information content (AvgIpc) is 2.50. The molecule has 1 heterocycles. The maximum absolute atomic E-state index is 11.4. The Hall–Kier alpha value is -2.30. The van der Waals surface area contributed by atoms with E-state index in [-0.39, 0.29) is 11.9 Å². The van der Waals surface area contributed by atoms with Gasteiger partial charge in [-0.1, -0.05) is 19.1 Å². The molecule has 0 radical (unpaired) electrons. The lowest BCUT2D eigenvalue weighted by Gasteiger charge is -2.13. The lowest BCUT2D eigenvalue weighted by atomic mass is 10.2. The number of nitrogens with one attached hydrogen (secondary N) is 1. The lowest BCUT2D eigenvalue weighted by Crippen LogP contribution is -2.21. The van der Waals surface area contributed by atoms with Crippen molar-refractivity contribution < 1.29 is 14.3 Å². The van der Waals surface area contributed by atoms with E-state index < -0.39 is 0 Å². The van der Waals surface area contributed by atoms with Crippen LogP contribution in [0.15, 0.2) is 30.3 Å². The first kappa shape index (κ1) is 14.1. The summed E-state index contributed by atoms with van der Waals surface area (Å²) in [5, 5.41) is 4.09. The zero-order chi connectivity index (χ0) is 14.5. The van der Waals surface area contributed by atoms with E-state index >= 15 is 0 Å². The highest BCUT2D eigenvalue weighted by molar-refractivity contribution is 5.86. The van der Waals surface area contributed by atoms with E-state index in [0.29, 0.717) is 12.4 Å². The zero-order valence-electron chi connectivity index (χ0n) is 11.8. The van der Waals surface area contributed by atoms with Gasteiger partial charge < -0.3 is 14.8 Å². The number of aromatic nitrogens is 1.